The molecular weight excluding hydrogens is 396 g/mol. The van der Waals surface area contributed by atoms with Crippen LogP contribution in [0.5, 0.6) is 11.5 Å². The first-order chi connectivity index (χ1) is 15.1. The molecule has 1 atom stereocenters. The van der Waals surface area contributed by atoms with E-state index in [0.29, 0.717) is 30.6 Å². The van der Waals surface area contributed by atoms with Crippen molar-refractivity contribution in [2.75, 3.05) is 26.7 Å². The highest BCUT2D eigenvalue weighted by atomic mass is 16.5. The van der Waals surface area contributed by atoms with Gasteiger partial charge in [-0.15, -0.1) is 0 Å². The van der Waals surface area contributed by atoms with Gasteiger partial charge in [0.05, 0.1) is 12.5 Å². The molecule has 31 heavy (non-hydrogen) atoms. The molecule has 1 aliphatic rings. The van der Waals surface area contributed by atoms with Crippen LogP contribution in [-0.2, 0) is 6.54 Å². The second-order valence-corrected chi connectivity index (χ2v) is 7.58. The summed E-state index contributed by atoms with van der Waals surface area (Å²) in [6.45, 7) is 4.62. The SMILES string of the molecule is CC[C@@H]1CN(CCNC(=O)c2cc(=O)c3ccccc3o2)Cc2cc(OC)ccc2O1. The third-order valence-electron chi connectivity index (χ3n) is 5.44. The molecule has 0 saturated carbocycles. The second-order valence-electron chi connectivity index (χ2n) is 7.58. The number of fused-ring (bicyclic) bond motifs is 2. The van der Waals surface area contributed by atoms with Crippen LogP contribution in [-0.4, -0.2) is 43.7 Å². The maximum absolute atomic E-state index is 12.5. The monoisotopic (exact) mass is 422 g/mol. The molecular formula is C24H26N2O5. The van der Waals surface area contributed by atoms with Gasteiger partial charge in [-0.2, -0.15) is 0 Å². The molecule has 162 valence electrons. The number of hydrogen-bond acceptors (Lipinski definition) is 6. The van der Waals surface area contributed by atoms with Gasteiger partial charge in [0.25, 0.3) is 5.91 Å². The van der Waals surface area contributed by atoms with E-state index in [-0.39, 0.29) is 17.3 Å². The van der Waals surface area contributed by atoms with Crippen molar-refractivity contribution in [3.63, 3.8) is 0 Å². The van der Waals surface area contributed by atoms with Crippen LogP contribution < -0.4 is 20.2 Å². The Morgan fingerprint density at radius 1 is 1.23 bits per heavy atom. The molecule has 1 amide bonds. The molecule has 0 saturated heterocycles. The molecule has 7 heteroatoms. The van der Waals surface area contributed by atoms with E-state index in [4.69, 9.17) is 13.9 Å². The highest BCUT2D eigenvalue weighted by Crippen LogP contribution is 2.29. The molecule has 0 unspecified atom stereocenters. The van der Waals surface area contributed by atoms with Gasteiger partial charge in [-0.05, 0) is 36.8 Å². The van der Waals surface area contributed by atoms with Crippen molar-refractivity contribution < 1.29 is 18.7 Å². The Morgan fingerprint density at radius 3 is 2.87 bits per heavy atom. The Hall–Kier alpha value is -3.32. The highest BCUT2D eigenvalue weighted by molar-refractivity contribution is 5.93. The summed E-state index contributed by atoms with van der Waals surface area (Å²) in [4.78, 5) is 27.0. The third-order valence-corrected chi connectivity index (χ3v) is 5.44. The first-order valence-electron chi connectivity index (χ1n) is 10.4. The molecule has 7 nitrogen and oxygen atoms in total. The predicted molar refractivity (Wildman–Crippen MR) is 118 cm³/mol. The average molecular weight is 422 g/mol. The lowest BCUT2D eigenvalue weighted by Crippen LogP contribution is -2.38. The standard InChI is InChI=1S/C24H26N2O5/c1-3-17-15-26(14-16-12-18(29-2)8-9-21(16)30-17)11-10-25-24(28)23-13-20(27)19-6-4-5-7-22(19)31-23/h4-9,12-13,17H,3,10-11,14-15H2,1-2H3,(H,25,28)/t17-/m1/s1. The van der Waals surface area contributed by atoms with E-state index in [1.54, 1.807) is 31.4 Å². The van der Waals surface area contributed by atoms with Crippen LogP contribution in [0.25, 0.3) is 11.0 Å². The Morgan fingerprint density at radius 2 is 2.06 bits per heavy atom. The molecule has 3 aromatic rings. The molecule has 1 aromatic heterocycles. The van der Waals surface area contributed by atoms with E-state index in [2.05, 4.69) is 17.1 Å². The van der Waals surface area contributed by atoms with E-state index in [1.807, 2.05) is 18.2 Å². The fourth-order valence-electron chi connectivity index (χ4n) is 3.74. The summed E-state index contributed by atoms with van der Waals surface area (Å²) in [5, 5.41) is 3.32. The topological polar surface area (TPSA) is 81.0 Å². The highest BCUT2D eigenvalue weighted by Gasteiger charge is 2.22. The summed E-state index contributed by atoms with van der Waals surface area (Å²) in [5.41, 5.74) is 1.23. The number of nitrogens with zero attached hydrogens (tertiary/aromatic N) is 1. The molecule has 2 aromatic carbocycles. The first-order valence-corrected chi connectivity index (χ1v) is 10.4. The van der Waals surface area contributed by atoms with Gasteiger partial charge in [0.1, 0.15) is 23.2 Å². The number of para-hydroxylation sites is 1. The number of nitrogens with one attached hydrogen (secondary N) is 1. The van der Waals surface area contributed by atoms with Crippen molar-refractivity contribution in [2.24, 2.45) is 0 Å². The molecule has 0 fully saturated rings. The van der Waals surface area contributed by atoms with Crippen molar-refractivity contribution >= 4 is 16.9 Å². The van der Waals surface area contributed by atoms with Gasteiger partial charge in [0, 0.05) is 37.8 Å². The lowest BCUT2D eigenvalue weighted by Gasteiger charge is -2.23. The molecule has 2 heterocycles. The Kier molecular flexibility index (Phi) is 6.23. The fraction of sp³-hybridized carbons (Fsp3) is 0.333. The van der Waals surface area contributed by atoms with Crippen LogP contribution in [0, 0.1) is 0 Å². The second kappa shape index (κ2) is 9.22. The lowest BCUT2D eigenvalue weighted by molar-refractivity contribution is 0.0916. The first kappa shape index (κ1) is 20.9. The molecule has 4 rings (SSSR count). The number of rotatable bonds is 6. The molecule has 0 radical (unpaired) electrons. The Labute approximate surface area is 180 Å². The average Bonchev–Trinajstić information content (AvgIpc) is 2.97. The van der Waals surface area contributed by atoms with Gasteiger partial charge < -0.3 is 19.2 Å². The zero-order valence-electron chi connectivity index (χ0n) is 17.7. The van der Waals surface area contributed by atoms with Crippen LogP contribution >= 0.6 is 0 Å². The molecule has 0 bridgehead atoms. The summed E-state index contributed by atoms with van der Waals surface area (Å²) in [6.07, 6.45) is 0.959. The Balaban J connectivity index is 1.42. The number of carbonyl (C=O) groups is 1. The zero-order chi connectivity index (χ0) is 21.8. The van der Waals surface area contributed by atoms with Crippen molar-refractivity contribution in [3.05, 3.63) is 70.1 Å². The lowest BCUT2D eigenvalue weighted by atomic mass is 10.2. The summed E-state index contributed by atoms with van der Waals surface area (Å²) in [7, 11) is 1.65. The van der Waals surface area contributed by atoms with Gasteiger partial charge in [-0.3, -0.25) is 14.5 Å². The number of methoxy groups -OCH3 is 1. The van der Waals surface area contributed by atoms with E-state index in [1.165, 1.54) is 6.07 Å². The van der Waals surface area contributed by atoms with Crippen LogP contribution in [0.3, 0.4) is 0 Å². The largest absolute Gasteiger partial charge is 0.497 e. The van der Waals surface area contributed by atoms with Crippen molar-refractivity contribution in [1.82, 2.24) is 10.2 Å². The quantitative estimate of drug-likeness (QED) is 0.657. The van der Waals surface area contributed by atoms with Crippen molar-refractivity contribution in [1.29, 1.82) is 0 Å². The van der Waals surface area contributed by atoms with Crippen molar-refractivity contribution in [2.45, 2.75) is 26.0 Å². The van der Waals surface area contributed by atoms with E-state index < -0.39 is 5.91 Å². The van der Waals surface area contributed by atoms with Crippen molar-refractivity contribution in [3.8, 4) is 11.5 Å². The minimum atomic E-state index is -0.400. The minimum absolute atomic E-state index is 0.0180. The number of amides is 1. The summed E-state index contributed by atoms with van der Waals surface area (Å²) >= 11 is 0. The van der Waals surface area contributed by atoms with Gasteiger partial charge in [0.2, 0.25) is 0 Å². The van der Waals surface area contributed by atoms with Crippen LogP contribution in [0.1, 0.15) is 29.5 Å². The maximum atomic E-state index is 12.5. The summed E-state index contributed by atoms with van der Waals surface area (Å²) in [6, 6.07) is 14.0. The summed E-state index contributed by atoms with van der Waals surface area (Å²) in [5.74, 6) is 1.28. The fourth-order valence-corrected chi connectivity index (χ4v) is 3.74. The molecule has 0 aliphatic carbocycles. The molecule has 0 spiro atoms. The van der Waals surface area contributed by atoms with Gasteiger partial charge in [0.15, 0.2) is 11.2 Å². The zero-order valence-corrected chi connectivity index (χ0v) is 17.7. The van der Waals surface area contributed by atoms with E-state index >= 15 is 0 Å². The third kappa shape index (κ3) is 4.72. The normalized spacial score (nSPS) is 16.3. The van der Waals surface area contributed by atoms with Crippen LogP contribution in [0.2, 0.25) is 0 Å². The maximum Gasteiger partial charge on any atom is 0.287 e. The number of benzene rings is 2. The van der Waals surface area contributed by atoms with Gasteiger partial charge in [-0.1, -0.05) is 19.1 Å². The number of hydrogen-bond donors (Lipinski definition) is 1. The summed E-state index contributed by atoms with van der Waals surface area (Å²) < 4.78 is 17.1. The Bertz CT molecular complexity index is 1140. The predicted octanol–water partition coefficient (Wildman–Crippen LogP) is 3.20. The minimum Gasteiger partial charge on any atom is -0.497 e. The smallest absolute Gasteiger partial charge is 0.287 e. The molecule has 1 aliphatic heterocycles. The van der Waals surface area contributed by atoms with Crippen LogP contribution in [0.15, 0.2) is 57.7 Å². The van der Waals surface area contributed by atoms with Gasteiger partial charge in [-0.25, -0.2) is 0 Å². The van der Waals surface area contributed by atoms with Crippen LogP contribution in [0.4, 0.5) is 0 Å². The van der Waals surface area contributed by atoms with E-state index in [9.17, 15) is 9.59 Å². The number of carbonyl (C=O) groups excluding carboxylic acids is 1. The van der Waals surface area contributed by atoms with Gasteiger partial charge >= 0.3 is 0 Å². The molecule has 1 N–H and O–H groups in total. The number of ether oxygens (including phenoxy) is 2. The van der Waals surface area contributed by atoms with E-state index in [0.717, 1.165) is 30.0 Å².